The third-order valence-electron chi connectivity index (χ3n) is 5.62. The Morgan fingerprint density at radius 1 is 1.11 bits per heavy atom. The molecule has 0 bridgehead atoms. The van der Waals surface area contributed by atoms with Gasteiger partial charge in [-0.3, -0.25) is 10.00 Å². The summed E-state index contributed by atoms with van der Waals surface area (Å²) in [7, 11) is 2.29. The van der Waals surface area contributed by atoms with Gasteiger partial charge >= 0.3 is 17.9 Å². The number of anilines is 1. The SMILES string of the molecule is COC(=O)C1=C(C(=O)OC)N(c2ccc3[nH]nc(C(=O)O)c3c2)C(N)=C(C#N)C1c1ccccc1. The maximum atomic E-state index is 13.1. The van der Waals surface area contributed by atoms with Crippen molar-refractivity contribution in [3.05, 3.63) is 82.5 Å². The number of ether oxygens (including phenoxy) is 2. The summed E-state index contributed by atoms with van der Waals surface area (Å²) in [6, 6.07) is 15.2. The number of aromatic carboxylic acids is 1. The Balaban J connectivity index is 2.07. The molecule has 0 spiro atoms. The first kappa shape index (κ1) is 23.1. The van der Waals surface area contributed by atoms with Gasteiger partial charge in [0, 0.05) is 11.1 Å². The summed E-state index contributed by atoms with van der Waals surface area (Å²) >= 11 is 0. The van der Waals surface area contributed by atoms with Crippen molar-refractivity contribution in [2.45, 2.75) is 5.92 Å². The molecule has 0 aliphatic carbocycles. The smallest absolute Gasteiger partial charge is 0.357 e. The molecule has 11 heteroatoms. The lowest BCUT2D eigenvalue weighted by molar-refractivity contribution is -0.139. The predicted octanol–water partition coefficient (Wildman–Crippen LogP) is 2.16. The molecule has 2 aromatic carbocycles. The van der Waals surface area contributed by atoms with Crippen LogP contribution in [0.1, 0.15) is 22.0 Å². The lowest BCUT2D eigenvalue weighted by Crippen LogP contribution is -2.40. The van der Waals surface area contributed by atoms with E-state index in [4.69, 9.17) is 15.2 Å². The van der Waals surface area contributed by atoms with Crippen LogP contribution in [-0.2, 0) is 19.1 Å². The van der Waals surface area contributed by atoms with Crippen molar-refractivity contribution in [1.82, 2.24) is 10.2 Å². The van der Waals surface area contributed by atoms with Crippen LogP contribution in [0.15, 0.2) is 71.2 Å². The standard InChI is InChI=1S/C24H19N5O6/c1-34-23(32)18-17(12-6-4-3-5-7-12)15(11-25)21(26)29(20(18)24(33)35-2)13-8-9-16-14(10-13)19(22(30)31)28-27-16/h3-10,17H,26H2,1-2H3,(H,27,28)(H,30,31). The second-order valence-corrected chi connectivity index (χ2v) is 7.44. The average Bonchev–Trinajstić information content (AvgIpc) is 3.31. The fourth-order valence-corrected chi connectivity index (χ4v) is 4.09. The molecule has 4 rings (SSSR count). The molecule has 1 unspecified atom stereocenters. The molecule has 11 nitrogen and oxygen atoms in total. The van der Waals surface area contributed by atoms with Crippen LogP contribution in [0.25, 0.3) is 10.9 Å². The van der Waals surface area contributed by atoms with E-state index >= 15 is 0 Å². The van der Waals surface area contributed by atoms with E-state index in [-0.39, 0.29) is 39.4 Å². The van der Waals surface area contributed by atoms with Crippen molar-refractivity contribution in [3.8, 4) is 6.07 Å². The number of nitrogens with two attached hydrogens (primary N) is 1. The molecule has 35 heavy (non-hydrogen) atoms. The molecule has 0 saturated heterocycles. The van der Waals surface area contributed by atoms with Gasteiger partial charge in [0.15, 0.2) is 5.69 Å². The van der Waals surface area contributed by atoms with E-state index < -0.39 is 23.8 Å². The fraction of sp³-hybridized carbons (Fsp3) is 0.125. The van der Waals surface area contributed by atoms with E-state index in [0.717, 1.165) is 14.2 Å². The first-order chi connectivity index (χ1) is 16.8. The first-order valence-electron chi connectivity index (χ1n) is 10.2. The zero-order valence-electron chi connectivity index (χ0n) is 18.6. The normalized spacial score (nSPS) is 15.7. The summed E-state index contributed by atoms with van der Waals surface area (Å²) in [4.78, 5) is 38.9. The molecule has 3 aromatic rings. The second kappa shape index (κ2) is 9.03. The number of hydrogen-bond donors (Lipinski definition) is 3. The maximum absolute atomic E-state index is 13.1. The number of nitrogens with zero attached hydrogens (tertiary/aromatic N) is 3. The van der Waals surface area contributed by atoms with Gasteiger partial charge in [0.05, 0.1) is 42.9 Å². The topological polar surface area (TPSA) is 172 Å². The van der Waals surface area contributed by atoms with Crippen molar-refractivity contribution in [1.29, 1.82) is 5.26 Å². The van der Waals surface area contributed by atoms with Gasteiger partial charge in [-0.05, 0) is 23.8 Å². The highest BCUT2D eigenvalue weighted by molar-refractivity contribution is 6.07. The number of methoxy groups -OCH3 is 2. The summed E-state index contributed by atoms with van der Waals surface area (Å²) < 4.78 is 9.97. The van der Waals surface area contributed by atoms with E-state index in [9.17, 15) is 24.8 Å². The summed E-state index contributed by atoms with van der Waals surface area (Å²) in [6.07, 6.45) is 0. The molecule has 0 fully saturated rings. The Labute approximate surface area is 198 Å². The van der Waals surface area contributed by atoms with Gasteiger partial charge in [-0.25, -0.2) is 14.4 Å². The molecule has 1 aliphatic heterocycles. The third-order valence-corrected chi connectivity index (χ3v) is 5.62. The van der Waals surface area contributed by atoms with Crippen LogP contribution in [-0.4, -0.2) is 47.4 Å². The zero-order chi connectivity index (χ0) is 25.3. The molecule has 0 saturated carbocycles. The minimum absolute atomic E-state index is 0.00463. The molecule has 176 valence electrons. The minimum Gasteiger partial charge on any atom is -0.476 e. The number of H-pyrrole nitrogens is 1. The Hall–Kier alpha value is -5.11. The number of nitrogens with one attached hydrogen (secondary N) is 1. The van der Waals surface area contributed by atoms with Gasteiger partial charge in [0.1, 0.15) is 11.5 Å². The largest absolute Gasteiger partial charge is 0.476 e. The number of carbonyl (C=O) groups is 3. The van der Waals surface area contributed by atoms with Crippen molar-refractivity contribution in [3.63, 3.8) is 0 Å². The minimum atomic E-state index is -1.27. The fourth-order valence-electron chi connectivity index (χ4n) is 4.09. The number of fused-ring (bicyclic) bond motifs is 1. The highest BCUT2D eigenvalue weighted by atomic mass is 16.5. The zero-order valence-corrected chi connectivity index (χ0v) is 18.6. The number of allylic oxidation sites excluding steroid dienone is 1. The molecule has 1 atom stereocenters. The number of aromatic amines is 1. The maximum Gasteiger partial charge on any atom is 0.357 e. The van der Waals surface area contributed by atoms with Crippen LogP contribution < -0.4 is 10.6 Å². The van der Waals surface area contributed by atoms with Gasteiger partial charge in [0.25, 0.3) is 0 Å². The average molecular weight is 473 g/mol. The van der Waals surface area contributed by atoms with Crippen LogP contribution in [0, 0.1) is 11.3 Å². The van der Waals surface area contributed by atoms with E-state index in [0.29, 0.717) is 11.1 Å². The van der Waals surface area contributed by atoms with Crippen molar-refractivity contribution < 1.29 is 29.0 Å². The van der Waals surface area contributed by atoms with Gasteiger partial charge in [-0.15, -0.1) is 0 Å². The number of aromatic nitrogens is 2. The second-order valence-electron chi connectivity index (χ2n) is 7.44. The van der Waals surface area contributed by atoms with E-state index in [1.165, 1.54) is 17.0 Å². The molecule has 1 aromatic heterocycles. The van der Waals surface area contributed by atoms with Crippen LogP contribution in [0.4, 0.5) is 5.69 Å². The van der Waals surface area contributed by atoms with Crippen molar-refractivity contribution in [2.24, 2.45) is 5.73 Å². The summed E-state index contributed by atoms with van der Waals surface area (Å²) in [5.74, 6) is -4.17. The molecule has 0 amide bonds. The van der Waals surface area contributed by atoms with Gasteiger partial charge in [0.2, 0.25) is 0 Å². The van der Waals surface area contributed by atoms with E-state index in [2.05, 4.69) is 16.3 Å². The first-order valence-corrected chi connectivity index (χ1v) is 10.2. The number of rotatable bonds is 5. The van der Waals surface area contributed by atoms with Crippen LogP contribution in [0.5, 0.6) is 0 Å². The quantitative estimate of drug-likeness (QED) is 0.466. The van der Waals surface area contributed by atoms with Crippen molar-refractivity contribution in [2.75, 3.05) is 19.1 Å². The Bertz CT molecular complexity index is 1460. The van der Waals surface area contributed by atoms with Crippen LogP contribution in [0.2, 0.25) is 0 Å². The van der Waals surface area contributed by atoms with E-state index in [1.807, 2.05) is 0 Å². The molecular formula is C24H19N5O6. The highest BCUT2D eigenvalue weighted by Gasteiger charge is 2.43. The highest BCUT2D eigenvalue weighted by Crippen LogP contribution is 2.43. The van der Waals surface area contributed by atoms with Crippen molar-refractivity contribution >= 4 is 34.5 Å². The Kier molecular flexibility index (Phi) is 5.95. The molecular weight excluding hydrogens is 454 g/mol. The van der Waals surface area contributed by atoms with E-state index in [1.54, 1.807) is 36.4 Å². The van der Waals surface area contributed by atoms with Crippen LogP contribution in [0.3, 0.4) is 0 Å². The molecule has 1 aliphatic rings. The van der Waals surface area contributed by atoms with Gasteiger partial charge in [-0.2, -0.15) is 10.4 Å². The predicted molar refractivity (Wildman–Crippen MR) is 123 cm³/mol. The molecule has 4 N–H and O–H groups in total. The van der Waals surface area contributed by atoms with Gasteiger partial charge in [-0.1, -0.05) is 30.3 Å². The lowest BCUT2D eigenvalue weighted by atomic mass is 9.81. The van der Waals surface area contributed by atoms with Gasteiger partial charge < -0.3 is 20.3 Å². The van der Waals surface area contributed by atoms with Crippen LogP contribution >= 0.6 is 0 Å². The Morgan fingerprint density at radius 2 is 1.80 bits per heavy atom. The third kappa shape index (κ3) is 3.72. The molecule has 2 heterocycles. The number of carbonyl (C=O) groups excluding carboxylic acids is 2. The Morgan fingerprint density at radius 3 is 2.40 bits per heavy atom. The molecule has 0 radical (unpaired) electrons. The summed E-state index contributed by atoms with van der Waals surface area (Å²) in [5, 5.41) is 26.2. The number of carboxylic acids is 1. The monoisotopic (exact) mass is 473 g/mol. The number of hydrogen-bond acceptors (Lipinski definition) is 9. The number of benzene rings is 2. The lowest BCUT2D eigenvalue weighted by Gasteiger charge is -2.35. The summed E-state index contributed by atoms with van der Waals surface area (Å²) in [5.41, 5.74) is 6.95. The number of carboxylic acid groups (broad SMARTS) is 1. The number of nitriles is 1. The summed E-state index contributed by atoms with van der Waals surface area (Å²) in [6.45, 7) is 0. The number of esters is 2.